The summed E-state index contributed by atoms with van der Waals surface area (Å²) in [7, 11) is 0. The lowest BCUT2D eigenvalue weighted by Crippen LogP contribution is -2.26. The predicted molar refractivity (Wildman–Crippen MR) is 86.6 cm³/mol. The summed E-state index contributed by atoms with van der Waals surface area (Å²) in [5, 5.41) is 3.53. The maximum absolute atomic E-state index is 5.87. The van der Waals surface area contributed by atoms with Crippen molar-refractivity contribution in [3.63, 3.8) is 0 Å². The van der Waals surface area contributed by atoms with E-state index in [2.05, 4.69) is 48.3 Å². The summed E-state index contributed by atoms with van der Waals surface area (Å²) in [6.45, 7) is 9.94. The van der Waals surface area contributed by atoms with E-state index in [0.29, 0.717) is 0 Å². The molecule has 116 valence electrons. The smallest absolute Gasteiger partial charge is 0.119 e. The van der Waals surface area contributed by atoms with E-state index in [1.807, 2.05) is 0 Å². The van der Waals surface area contributed by atoms with Crippen LogP contribution in [-0.2, 0) is 6.54 Å². The number of hydrogen-bond donors (Lipinski definition) is 1. The van der Waals surface area contributed by atoms with Crippen LogP contribution in [0.4, 0.5) is 0 Å². The van der Waals surface area contributed by atoms with Gasteiger partial charge in [0.1, 0.15) is 12.4 Å². The van der Waals surface area contributed by atoms with E-state index in [9.17, 15) is 0 Å². The van der Waals surface area contributed by atoms with Gasteiger partial charge >= 0.3 is 0 Å². The van der Waals surface area contributed by atoms with Crippen LogP contribution < -0.4 is 10.1 Å². The molecule has 3 heteroatoms. The number of benzene rings is 1. The lowest BCUT2D eigenvalue weighted by molar-refractivity contribution is 0.232. The van der Waals surface area contributed by atoms with Gasteiger partial charge in [-0.25, -0.2) is 0 Å². The zero-order valence-electron chi connectivity index (χ0n) is 13.3. The second kappa shape index (κ2) is 6.80. The van der Waals surface area contributed by atoms with E-state index in [1.54, 1.807) is 0 Å². The fraction of sp³-hybridized carbons (Fsp3) is 0.667. The van der Waals surface area contributed by atoms with Crippen LogP contribution in [0.3, 0.4) is 0 Å². The van der Waals surface area contributed by atoms with Crippen molar-refractivity contribution >= 4 is 0 Å². The van der Waals surface area contributed by atoms with Crippen LogP contribution in [0, 0.1) is 11.8 Å². The van der Waals surface area contributed by atoms with Crippen molar-refractivity contribution in [3.05, 3.63) is 29.8 Å². The molecule has 1 aliphatic carbocycles. The molecule has 3 nitrogen and oxygen atoms in total. The summed E-state index contributed by atoms with van der Waals surface area (Å²) < 4.78 is 5.87. The Morgan fingerprint density at radius 2 is 1.76 bits per heavy atom. The van der Waals surface area contributed by atoms with Crippen molar-refractivity contribution in [1.82, 2.24) is 10.2 Å². The molecule has 1 aliphatic heterocycles. The summed E-state index contributed by atoms with van der Waals surface area (Å²) in [5.74, 6) is 2.64. The van der Waals surface area contributed by atoms with Crippen LogP contribution >= 0.6 is 0 Å². The van der Waals surface area contributed by atoms with Gasteiger partial charge in [0.05, 0.1) is 0 Å². The first-order valence-electron chi connectivity index (χ1n) is 8.38. The van der Waals surface area contributed by atoms with Crippen molar-refractivity contribution in [2.24, 2.45) is 11.8 Å². The molecule has 0 spiro atoms. The molecule has 2 fully saturated rings. The predicted octanol–water partition coefficient (Wildman–Crippen LogP) is 2.91. The Bertz CT molecular complexity index is 431. The molecule has 1 aromatic carbocycles. The molecule has 0 aromatic heterocycles. The number of ether oxygens (including phenoxy) is 1. The lowest BCUT2D eigenvalue weighted by Gasteiger charge is -2.16. The van der Waals surface area contributed by atoms with E-state index in [0.717, 1.165) is 43.3 Å². The molecule has 2 atom stereocenters. The summed E-state index contributed by atoms with van der Waals surface area (Å²) in [6, 6.07) is 9.31. The molecule has 0 radical (unpaired) electrons. The van der Waals surface area contributed by atoms with Crippen molar-refractivity contribution in [2.45, 2.75) is 39.3 Å². The highest BCUT2D eigenvalue weighted by Gasteiger charge is 2.25. The van der Waals surface area contributed by atoms with Crippen LogP contribution in [0.15, 0.2) is 24.3 Å². The third kappa shape index (κ3) is 4.45. The minimum atomic E-state index is 0.770. The van der Waals surface area contributed by atoms with Gasteiger partial charge in [0.25, 0.3) is 0 Å². The summed E-state index contributed by atoms with van der Waals surface area (Å²) in [5.41, 5.74) is 1.34. The summed E-state index contributed by atoms with van der Waals surface area (Å²) in [4.78, 5) is 2.52. The zero-order chi connectivity index (χ0) is 14.7. The van der Waals surface area contributed by atoms with Gasteiger partial charge in [-0.2, -0.15) is 0 Å². The van der Waals surface area contributed by atoms with E-state index in [1.165, 1.54) is 31.5 Å². The Morgan fingerprint density at radius 3 is 2.38 bits per heavy atom. The Balaban J connectivity index is 1.36. The number of nitrogens with one attached hydrogen (secondary N) is 1. The number of hydrogen-bond acceptors (Lipinski definition) is 3. The Hall–Kier alpha value is -1.06. The van der Waals surface area contributed by atoms with Gasteiger partial charge in [-0.3, -0.25) is 4.90 Å². The molecule has 0 amide bonds. The number of likely N-dealkylation sites (tertiary alicyclic amines) is 1. The molecule has 3 rings (SSSR count). The van der Waals surface area contributed by atoms with Crippen molar-refractivity contribution in [1.29, 1.82) is 0 Å². The lowest BCUT2D eigenvalue weighted by atomic mass is 10.0. The van der Waals surface area contributed by atoms with E-state index in [-0.39, 0.29) is 0 Å². The van der Waals surface area contributed by atoms with E-state index < -0.39 is 0 Å². The summed E-state index contributed by atoms with van der Waals surface area (Å²) >= 11 is 0. The molecule has 2 aliphatic rings. The Morgan fingerprint density at radius 1 is 1.10 bits per heavy atom. The number of nitrogens with zero attached hydrogens (tertiary/aromatic N) is 1. The van der Waals surface area contributed by atoms with Crippen LogP contribution in [0.1, 0.15) is 32.3 Å². The van der Waals surface area contributed by atoms with Gasteiger partial charge in [-0.1, -0.05) is 26.0 Å². The van der Waals surface area contributed by atoms with E-state index >= 15 is 0 Å². The molecule has 1 N–H and O–H groups in total. The van der Waals surface area contributed by atoms with Gasteiger partial charge in [-0.05, 0) is 42.4 Å². The highest BCUT2D eigenvalue weighted by molar-refractivity contribution is 5.27. The van der Waals surface area contributed by atoms with Crippen molar-refractivity contribution in [2.75, 3.05) is 26.2 Å². The minimum Gasteiger partial charge on any atom is -0.492 e. The molecular weight excluding hydrogens is 260 g/mol. The van der Waals surface area contributed by atoms with Crippen LogP contribution in [0.2, 0.25) is 0 Å². The highest BCUT2D eigenvalue weighted by atomic mass is 16.5. The maximum atomic E-state index is 5.87. The first-order valence-corrected chi connectivity index (χ1v) is 8.38. The van der Waals surface area contributed by atoms with Crippen LogP contribution in [0.25, 0.3) is 0 Å². The molecule has 0 bridgehead atoms. The SMILES string of the molecule is CC1CN(CCOc2ccc(CNC3CC3)cc2)CC1C. The Labute approximate surface area is 128 Å². The molecule has 1 heterocycles. The normalized spacial score (nSPS) is 26.2. The summed E-state index contributed by atoms with van der Waals surface area (Å²) in [6.07, 6.45) is 2.68. The fourth-order valence-electron chi connectivity index (χ4n) is 2.98. The minimum absolute atomic E-state index is 0.770. The molecule has 1 saturated heterocycles. The zero-order valence-corrected chi connectivity index (χ0v) is 13.3. The van der Waals surface area contributed by atoms with Crippen molar-refractivity contribution < 1.29 is 4.74 Å². The van der Waals surface area contributed by atoms with Gasteiger partial charge < -0.3 is 10.1 Å². The standard InChI is InChI=1S/C18H28N2O/c1-14-12-20(13-15(14)2)9-10-21-18-7-3-16(4-8-18)11-19-17-5-6-17/h3-4,7-8,14-15,17,19H,5-6,9-13H2,1-2H3. The number of rotatable bonds is 7. The molecular formula is C18H28N2O. The average molecular weight is 288 g/mol. The second-order valence-electron chi connectivity index (χ2n) is 6.86. The van der Waals surface area contributed by atoms with Crippen LogP contribution in [-0.4, -0.2) is 37.2 Å². The molecule has 1 aromatic rings. The highest BCUT2D eigenvalue weighted by Crippen LogP contribution is 2.22. The van der Waals surface area contributed by atoms with Crippen LogP contribution in [0.5, 0.6) is 5.75 Å². The molecule has 21 heavy (non-hydrogen) atoms. The third-order valence-corrected chi connectivity index (χ3v) is 4.84. The fourth-order valence-corrected chi connectivity index (χ4v) is 2.98. The average Bonchev–Trinajstić information content (AvgIpc) is 3.25. The first kappa shape index (κ1) is 14.9. The monoisotopic (exact) mass is 288 g/mol. The second-order valence-corrected chi connectivity index (χ2v) is 6.86. The maximum Gasteiger partial charge on any atom is 0.119 e. The first-order chi connectivity index (χ1) is 10.2. The van der Waals surface area contributed by atoms with Crippen molar-refractivity contribution in [3.8, 4) is 5.75 Å². The largest absolute Gasteiger partial charge is 0.492 e. The topological polar surface area (TPSA) is 24.5 Å². The quantitative estimate of drug-likeness (QED) is 0.835. The molecule has 1 saturated carbocycles. The van der Waals surface area contributed by atoms with Gasteiger partial charge in [0.2, 0.25) is 0 Å². The van der Waals surface area contributed by atoms with Gasteiger partial charge in [0.15, 0.2) is 0 Å². The third-order valence-electron chi connectivity index (χ3n) is 4.84. The Kier molecular flexibility index (Phi) is 4.81. The van der Waals surface area contributed by atoms with Gasteiger partial charge in [-0.15, -0.1) is 0 Å². The van der Waals surface area contributed by atoms with Gasteiger partial charge in [0, 0.05) is 32.2 Å². The molecule has 2 unspecified atom stereocenters. The van der Waals surface area contributed by atoms with E-state index in [4.69, 9.17) is 4.74 Å².